The average Bonchev–Trinajstić information content (AvgIpc) is 3.16. The summed E-state index contributed by atoms with van der Waals surface area (Å²) < 4.78 is 5.81. The minimum Gasteiger partial charge on any atom is -0.492 e. The summed E-state index contributed by atoms with van der Waals surface area (Å²) in [5, 5.41) is 8.91. The van der Waals surface area contributed by atoms with Crippen LogP contribution in [0.1, 0.15) is 34.2 Å². The maximum Gasteiger partial charge on any atom is 0.120 e. The van der Waals surface area contributed by atoms with Crippen molar-refractivity contribution in [3.05, 3.63) is 51.7 Å². The molecule has 22 heavy (non-hydrogen) atoms. The van der Waals surface area contributed by atoms with Gasteiger partial charge in [-0.05, 0) is 56.6 Å². The maximum absolute atomic E-state index is 8.91. The van der Waals surface area contributed by atoms with Gasteiger partial charge in [-0.25, -0.2) is 0 Å². The zero-order valence-corrected chi connectivity index (χ0v) is 13.6. The van der Waals surface area contributed by atoms with Crippen LogP contribution in [0.15, 0.2) is 36.4 Å². The lowest BCUT2D eigenvalue weighted by molar-refractivity contribution is 0.199. The fourth-order valence-corrected chi connectivity index (χ4v) is 4.03. The van der Waals surface area contributed by atoms with Gasteiger partial charge in [0, 0.05) is 22.3 Å². The van der Waals surface area contributed by atoms with Crippen LogP contribution in [-0.4, -0.2) is 24.6 Å². The third-order valence-corrected chi connectivity index (χ3v) is 5.17. The summed E-state index contributed by atoms with van der Waals surface area (Å²) in [5.74, 6) is 0.779. The summed E-state index contributed by atoms with van der Waals surface area (Å²) in [5.41, 5.74) is 0.644. The first-order valence-electron chi connectivity index (χ1n) is 7.69. The van der Waals surface area contributed by atoms with Gasteiger partial charge in [0.05, 0.1) is 11.6 Å². The van der Waals surface area contributed by atoms with Crippen LogP contribution in [0.3, 0.4) is 0 Å². The molecule has 1 aromatic heterocycles. The van der Waals surface area contributed by atoms with E-state index in [9.17, 15) is 0 Å². The highest BCUT2D eigenvalue weighted by molar-refractivity contribution is 7.12. The van der Waals surface area contributed by atoms with Crippen LogP contribution >= 0.6 is 11.3 Å². The Morgan fingerprint density at radius 3 is 3.05 bits per heavy atom. The lowest BCUT2D eigenvalue weighted by atomic mass is 10.2. The molecule has 1 unspecified atom stereocenters. The Morgan fingerprint density at radius 1 is 1.36 bits per heavy atom. The van der Waals surface area contributed by atoms with E-state index in [1.165, 1.54) is 22.6 Å². The van der Waals surface area contributed by atoms with Crippen LogP contribution in [0.5, 0.6) is 5.75 Å². The maximum atomic E-state index is 8.91. The van der Waals surface area contributed by atoms with Crippen LogP contribution in [-0.2, 0) is 0 Å². The van der Waals surface area contributed by atoms with Gasteiger partial charge in [0.1, 0.15) is 12.4 Å². The largest absolute Gasteiger partial charge is 0.492 e. The van der Waals surface area contributed by atoms with Crippen molar-refractivity contribution in [1.29, 1.82) is 5.26 Å². The molecule has 1 aromatic carbocycles. The lowest BCUT2D eigenvalue weighted by Crippen LogP contribution is -2.27. The molecule has 2 aromatic rings. The number of nitrogens with zero attached hydrogens (tertiary/aromatic N) is 2. The molecule has 0 saturated carbocycles. The fourth-order valence-electron chi connectivity index (χ4n) is 2.98. The summed E-state index contributed by atoms with van der Waals surface area (Å²) in [6.45, 7) is 4.90. The monoisotopic (exact) mass is 312 g/mol. The molecule has 1 saturated heterocycles. The minimum absolute atomic E-state index is 0.549. The normalized spacial score (nSPS) is 18.3. The van der Waals surface area contributed by atoms with E-state index in [1.807, 2.05) is 23.5 Å². The number of nitriles is 1. The van der Waals surface area contributed by atoms with Gasteiger partial charge < -0.3 is 4.74 Å². The number of ether oxygens (including phenoxy) is 1. The van der Waals surface area contributed by atoms with Crippen LogP contribution in [0.4, 0.5) is 0 Å². The molecular weight excluding hydrogens is 292 g/mol. The SMILES string of the molecule is Cc1ccc(C2CCCN2CCOc2cccc(C#N)c2)s1. The first kappa shape index (κ1) is 15.1. The third kappa shape index (κ3) is 3.49. The number of aryl methyl sites for hydroxylation is 1. The second-order valence-corrected chi connectivity index (χ2v) is 6.95. The van der Waals surface area contributed by atoms with Gasteiger partial charge in [-0.3, -0.25) is 4.90 Å². The number of thiophene rings is 1. The molecule has 0 bridgehead atoms. The molecule has 4 heteroatoms. The molecular formula is C18H20N2OS. The predicted octanol–water partition coefficient (Wildman–Crippen LogP) is 4.14. The van der Waals surface area contributed by atoms with Crippen LogP contribution in [0, 0.1) is 18.3 Å². The summed E-state index contributed by atoms with van der Waals surface area (Å²) in [7, 11) is 0. The highest BCUT2D eigenvalue weighted by atomic mass is 32.1. The number of hydrogen-bond acceptors (Lipinski definition) is 4. The molecule has 1 aliphatic rings. The Labute approximate surface area is 135 Å². The highest BCUT2D eigenvalue weighted by Crippen LogP contribution is 2.35. The van der Waals surface area contributed by atoms with Crippen molar-refractivity contribution in [1.82, 2.24) is 4.90 Å². The highest BCUT2D eigenvalue weighted by Gasteiger charge is 2.26. The Morgan fingerprint density at radius 2 is 2.27 bits per heavy atom. The van der Waals surface area contributed by atoms with Crippen LogP contribution in [0.2, 0.25) is 0 Å². The molecule has 1 aliphatic heterocycles. The summed E-state index contributed by atoms with van der Waals surface area (Å²) >= 11 is 1.90. The molecule has 1 atom stereocenters. The van der Waals surface area contributed by atoms with E-state index >= 15 is 0 Å². The molecule has 3 rings (SSSR count). The Bertz CT molecular complexity index is 674. The molecule has 0 radical (unpaired) electrons. The first-order valence-corrected chi connectivity index (χ1v) is 8.51. The van der Waals surface area contributed by atoms with E-state index in [1.54, 1.807) is 12.1 Å². The summed E-state index contributed by atoms with van der Waals surface area (Å²) in [6, 6.07) is 14.5. The summed E-state index contributed by atoms with van der Waals surface area (Å²) in [4.78, 5) is 5.37. The predicted molar refractivity (Wildman–Crippen MR) is 89.3 cm³/mol. The Balaban J connectivity index is 1.55. The van der Waals surface area contributed by atoms with E-state index in [2.05, 4.69) is 30.0 Å². The second kappa shape index (κ2) is 6.95. The molecule has 0 spiro atoms. The van der Waals surface area contributed by atoms with Crippen molar-refractivity contribution >= 4 is 11.3 Å². The molecule has 0 amide bonds. The minimum atomic E-state index is 0.549. The van der Waals surface area contributed by atoms with Gasteiger partial charge in [0.25, 0.3) is 0 Å². The molecule has 114 valence electrons. The standard InChI is InChI=1S/C18H20N2OS/c1-14-7-8-18(22-14)17-6-3-9-20(17)10-11-21-16-5-2-4-15(12-16)13-19/h2,4-5,7-8,12,17H,3,6,9-11H2,1H3. The van der Waals surface area contributed by atoms with Crippen LogP contribution < -0.4 is 4.74 Å². The van der Waals surface area contributed by atoms with Crippen molar-refractivity contribution < 1.29 is 4.74 Å². The Hall–Kier alpha value is -1.83. The van der Waals surface area contributed by atoms with Crippen molar-refractivity contribution in [3.63, 3.8) is 0 Å². The van der Waals surface area contributed by atoms with E-state index in [4.69, 9.17) is 10.00 Å². The molecule has 1 fully saturated rings. The van der Waals surface area contributed by atoms with Crippen molar-refractivity contribution in [2.75, 3.05) is 19.7 Å². The number of hydrogen-bond donors (Lipinski definition) is 0. The first-order chi connectivity index (χ1) is 10.8. The quantitative estimate of drug-likeness (QED) is 0.832. The van der Waals surface area contributed by atoms with Crippen LogP contribution in [0.25, 0.3) is 0 Å². The number of rotatable bonds is 5. The zero-order valence-electron chi connectivity index (χ0n) is 12.8. The Kier molecular flexibility index (Phi) is 4.77. The van der Waals surface area contributed by atoms with E-state index in [0.717, 1.165) is 18.8 Å². The molecule has 3 nitrogen and oxygen atoms in total. The van der Waals surface area contributed by atoms with Gasteiger partial charge in [-0.1, -0.05) is 6.07 Å². The van der Waals surface area contributed by atoms with E-state index < -0.39 is 0 Å². The van der Waals surface area contributed by atoms with Gasteiger partial charge in [-0.15, -0.1) is 11.3 Å². The second-order valence-electron chi connectivity index (χ2n) is 5.63. The number of benzene rings is 1. The van der Waals surface area contributed by atoms with Gasteiger partial charge in [-0.2, -0.15) is 5.26 Å². The molecule has 2 heterocycles. The van der Waals surface area contributed by atoms with E-state index in [-0.39, 0.29) is 0 Å². The van der Waals surface area contributed by atoms with E-state index in [0.29, 0.717) is 18.2 Å². The lowest BCUT2D eigenvalue weighted by Gasteiger charge is -2.23. The van der Waals surface area contributed by atoms with Crippen molar-refractivity contribution in [3.8, 4) is 11.8 Å². The van der Waals surface area contributed by atoms with Gasteiger partial charge in [0.2, 0.25) is 0 Å². The topological polar surface area (TPSA) is 36.3 Å². The zero-order chi connectivity index (χ0) is 15.4. The number of likely N-dealkylation sites (tertiary alicyclic amines) is 1. The molecule has 0 aliphatic carbocycles. The molecule has 0 N–H and O–H groups in total. The van der Waals surface area contributed by atoms with Crippen molar-refractivity contribution in [2.24, 2.45) is 0 Å². The smallest absolute Gasteiger partial charge is 0.120 e. The third-order valence-electron chi connectivity index (χ3n) is 4.06. The average molecular weight is 312 g/mol. The van der Waals surface area contributed by atoms with Crippen molar-refractivity contribution in [2.45, 2.75) is 25.8 Å². The fraction of sp³-hybridized carbons (Fsp3) is 0.389. The van der Waals surface area contributed by atoms with Gasteiger partial charge >= 0.3 is 0 Å². The summed E-state index contributed by atoms with van der Waals surface area (Å²) in [6.07, 6.45) is 2.50. The van der Waals surface area contributed by atoms with Gasteiger partial charge in [0.15, 0.2) is 0 Å².